The number of nitrogens with zero attached hydrogens (tertiary/aromatic N) is 1. The summed E-state index contributed by atoms with van der Waals surface area (Å²) in [4.78, 5) is 13.5. The lowest BCUT2D eigenvalue weighted by molar-refractivity contribution is -0.166. The van der Waals surface area contributed by atoms with Crippen molar-refractivity contribution in [2.45, 2.75) is 50.2 Å². The Bertz CT molecular complexity index is 305. The number of hydrogen-bond acceptors (Lipinski definition) is 2. The van der Waals surface area contributed by atoms with E-state index in [1.165, 1.54) is 0 Å². The number of carbonyl (C=O) groups is 1. The van der Waals surface area contributed by atoms with Gasteiger partial charge in [0.15, 0.2) is 0 Å². The number of alkyl halides is 3. The molecule has 2 rings (SSSR count). The Morgan fingerprint density at radius 2 is 1.67 bits per heavy atom. The molecule has 0 aromatic rings. The molecule has 104 valence electrons. The number of amides is 1. The van der Waals surface area contributed by atoms with Crippen LogP contribution in [-0.4, -0.2) is 42.2 Å². The van der Waals surface area contributed by atoms with Crippen LogP contribution >= 0.6 is 0 Å². The molecule has 0 atom stereocenters. The molecule has 18 heavy (non-hydrogen) atoms. The standard InChI is InChI=1S/C12H19F3N2O/c13-12(14,15)11(5-6-11)16-9-10(18)17-7-3-1-2-4-8-17/h16H,1-9H2. The average molecular weight is 264 g/mol. The maximum absolute atomic E-state index is 12.7. The van der Waals surface area contributed by atoms with Crippen molar-refractivity contribution >= 4 is 5.91 Å². The van der Waals surface area contributed by atoms with E-state index in [0.29, 0.717) is 13.1 Å². The van der Waals surface area contributed by atoms with Gasteiger partial charge in [0, 0.05) is 13.1 Å². The third-order valence-electron chi connectivity index (χ3n) is 3.83. The first-order valence-electron chi connectivity index (χ1n) is 6.54. The van der Waals surface area contributed by atoms with E-state index in [1.54, 1.807) is 4.90 Å². The molecular formula is C12H19F3N2O. The molecular weight excluding hydrogens is 245 g/mol. The van der Waals surface area contributed by atoms with Crippen molar-refractivity contribution in [2.75, 3.05) is 19.6 Å². The van der Waals surface area contributed by atoms with Crippen LogP contribution < -0.4 is 5.32 Å². The Hall–Kier alpha value is -0.780. The lowest BCUT2D eigenvalue weighted by Gasteiger charge is -2.24. The number of nitrogens with one attached hydrogen (secondary N) is 1. The van der Waals surface area contributed by atoms with Gasteiger partial charge in [-0.2, -0.15) is 13.2 Å². The number of rotatable bonds is 3. The second-order valence-corrected chi connectivity index (χ2v) is 5.23. The molecule has 0 aromatic heterocycles. The summed E-state index contributed by atoms with van der Waals surface area (Å²) in [6, 6.07) is 0. The van der Waals surface area contributed by atoms with Gasteiger partial charge in [0.05, 0.1) is 6.54 Å². The van der Waals surface area contributed by atoms with Gasteiger partial charge < -0.3 is 4.90 Å². The van der Waals surface area contributed by atoms with E-state index in [4.69, 9.17) is 0 Å². The lowest BCUT2D eigenvalue weighted by Crippen LogP contribution is -2.49. The first-order chi connectivity index (χ1) is 8.45. The summed E-state index contributed by atoms with van der Waals surface area (Å²) in [5, 5.41) is 2.41. The molecule has 1 saturated heterocycles. The van der Waals surface area contributed by atoms with E-state index >= 15 is 0 Å². The van der Waals surface area contributed by atoms with Gasteiger partial charge in [-0.15, -0.1) is 0 Å². The van der Waals surface area contributed by atoms with Crippen LogP contribution in [0.5, 0.6) is 0 Å². The fraction of sp³-hybridized carbons (Fsp3) is 0.917. The van der Waals surface area contributed by atoms with Crippen LogP contribution in [0.15, 0.2) is 0 Å². The number of hydrogen-bond donors (Lipinski definition) is 1. The fourth-order valence-electron chi connectivity index (χ4n) is 2.36. The van der Waals surface area contributed by atoms with Crippen molar-refractivity contribution in [3.05, 3.63) is 0 Å². The molecule has 0 spiro atoms. The number of halogens is 3. The van der Waals surface area contributed by atoms with E-state index in [9.17, 15) is 18.0 Å². The van der Waals surface area contributed by atoms with Crippen LogP contribution in [0.1, 0.15) is 38.5 Å². The lowest BCUT2D eigenvalue weighted by atomic mass is 10.2. The molecule has 2 fully saturated rings. The highest BCUT2D eigenvalue weighted by Gasteiger charge is 2.63. The van der Waals surface area contributed by atoms with Crippen LogP contribution in [0.4, 0.5) is 13.2 Å². The largest absolute Gasteiger partial charge is 0.406 e. The summed E-state index contributed by atoms with van der Waals surface area (Å²) >= 11 is 0. The summed E-state index contributed by atoms with van der Waals surface area (Å²) in [5.74, 6) is -0.201. The number of carbonyl (C=O) groups excluding carboxylic acids is 1. The van der Waals surface area contributed by atoms with E-state index < -0.39 is 11.7 Å². The molecule has 0 radical (unpaired) electrons. The Kier molecular flexibility index (Phi) is 3.84. The van der Waals surface area contributed by atoms with Gasteiger partial charge >= 0.3 is 6.18 Å². The first kappa shape index (κ1) is 13.6. The minimum absolute atomic E-state index is 0.0871. The third-order valence-corrected chi connectivity index (χ3v) is 3.83. The normalized spacial score (nSPS) is 23.6. The molecule has 1 N–H and O–H groups in total. The predicted molar refractivity (Wildman–Crippen MR) is 61.1 cm³/mol. The minimum atomic E-state index is -4.24. The topological polar surface area (TPSA) is 32.3 Å². The molecule has 1 aliphatic heterocycles. The Morgan fingerprint density at radius 1 is 1.11 bits per heavy atom. The molecule has 6 heteroatoms. The van der Waals surface area contributed by atoms with Crippen LogP contribution in [0.2, 0.25) is 0 Å². The quantitative estimate of drug-likeness (QED) is 0.846. The highest BCUT2D eigenvalue weighted by Crippen LogP contribution is 2.48. The Morgan fingerprint density at radius 3 is 2.11 bits per heavy atom. The second-order valence-electron chi connectivity index (χ2n) is 5.23. The predicted octanol–water partition coefficient (Wildman–Crippen LogP) is 2.07. The van der Waals surface area contributed by atoms with Gasteiger partial charge in [-0.1, -0.05) is 12.8 Å². The first-order valence-corrected chi connectivity index (χ1v) is 6.54. The molecule has 1 heterocycles. The van der Waals surface area contributed by atoms with E-state index in [2.05, 4.69) is 5.32 Å². The highest BCUT2D eigenvalue weighted by atomic mass is 19.4. The smallest absolute Gasteiger partial charge is 0.342 e. The van der Waals surface area contributed by atoms with Crippen molar-refractivity contribution < 1.29 is 18.0 Å². The Balaban J connectivity index is 1.81. The van der Waals surface area contributed by atoms with Crippen molar-refractivity contribution in [3.8, 4) is 0 Å². The molecule has 0 unspecified atom stereocenters. The van der Waals surface area contributed by atoms with Gasteiger partial charge in [0.2, 0.25) is 5.91 Å². The molecule has 0 aromatic carbocycles. The minimum Gasteiger partial charge on any atom is -0.342 e. The summed E-state index contributed by atoms with van der Waals surface area (Å²) < 4.78 is 38.0. The summed E-state index contributed by atoms with van der Waals surface area (Å²) in [7, 11) is 0. The molecule has 1 aliphatic carbocycles. The van der Waals surface area contributed by atoms with Gasteiger partial charge in [0.25, 0.3) is 0 Å². The van der Waals surface area contributed by atoms with E-state index in [0.717, 1.165) is 25.7 Å². The van der Waals surface area contributed by atoms with Gasteiger partial charge in [-0.25, -0.2) is 0 Å². The zero-order valence-corrected chi connectivity index (χ0v) is 10.4. The van der Waals surface area contributed by atoms with Crippen molar-refractivity contribution in [1.29, 1.82) is 0 Å². The van der Waals surface area contributed by atoms with Crippen LogP contribution in [0.25, 0.3) is 0 Å². The summed E-state index contributed by atoms with van der Waals surface area (Å²) in [6.45, 7) is 1.17. The zero-order valence-electron chi connectivity index (χ0n) is 10.4. The van der Waals surface area contributed by atoms with Crippen molar-refractivity contribution in [3.63, 3.8) is 0 Å². The fourth-order valence-corrected chi connectivity index (χ4v) is 2.36. The molecule has 2 aliphatic rings. The van der Waals surface area contributed by atoms with Crippen LogP contribution in [0.3, 0.4) is 0 Å². The molecule has 1 saturated carbocycles. The van der Waals surface area contributed by atoms with Crippen LogP contribution in [0, 0.1) is 0 Å². The maximum atomic E-state index is 12.7. The SMILES string of the molecule is O=C(CNC1(C(F)(F)F)CC1)N1CCCCCC1. The molecule has 0 bridgehead atoms. The average Bonchev–Trinajstić information content (AvgIpc) is 3.10. The van der Waals surface area contributed by atoms with Crippen LogP contribution in [-0.2, 0) is 4.79 Å². The number of likely N-dealkylation sites (tertiary alicyclic amines) is 1. The molecule has 3 nitrogen and oxygen atoms in total. The third kappa shape index (κ3) is 2.96. The van der Waals surface area contributed by atoms with Gasteiger partial charge in [-0.3, -0.25) is 10.1 Å². The van der Waals surface area contributed by atoms with Crippen molar-refractivity contribution in [2.24, 2.45) is 0 Å². The monoisotopic (exact) mass is 264 g/mol. The Labute approximate surface area is 105 Å². The highest BCUT2D eigenvalue weighted by molar-refractivity contribution is 5.78. The van der Waals surface area contributed by atoms with Crippen molar-refractivity contribution in [1.82, 2.24) is 10.2 Å². The summed E-state index contributed by atoms with van der Waals surface area (Å²) in [6.07, 6.45) is 0.0410. The summed E-state index contributed by atoms with van der Waals surface area (Å²) in [5.41, 5.74) is -1.78. The van der Waals surface area contributed by atoms with E-state index in [-0.39, 0.29) is 25.3 Å². The van der Waals surface area contributed by atoms with Gasteiger partial charge in [-0.05, 0) is 25.7 Å². The van der Waals surface area contributed by atoms with Gasteiger partial charge in [0.1, 0.15) is 5.54 Å². The maximum Gasteiger partial charge on any atom is 0.406 e. The van der Waals surface area contributed by atoms with E-state index in [1.807, 2.05) is 0 Å². The molecule has 1 amide bonds. The second kappa shape index (κ2) is 5.07. The zero-order chi connectivity index (χ0) is 13.2.